The zero-order valence-electron chi connectivity index (χ0n) is 15.8. The van der Waals surface area contributed by atoms with Gasteiger partial charge in [-0.1, -0.05) is 60.7 Å². The van der Waals surface area contributed by atoms with Crippen molar-refractivity contribution in [3.8, 4) is 5.75 Å². The van der Waals surface area contributed by atoms with E-state index in [0.717, 1.165) is 38.1 Å². The van der Waals surface area contributed by atoms with Gasteiger partial charge in [-0.2, -0.15) is 5.10 Å². The Labute approximate surface area is 164 Å². The lowest BCUT2D eigenvalue weighted by atomic mass is 9.90. The normalized spacial score (nSPS) is 22.5. The Balaban J connectivity index is 1.50. The van der Waals surface area contributed by atoms with Gasteiger partial charge in [0.25, 0.3) is 0 Å². The fourth-order valence-electron chi connectivity index (χ4n) is 5.12. The zero-order chi connectivity index (χ0) is 18.6. The molecule has 3 aliphatic rings. The molecule has 28 heavy (non-hydrogen) atoms. The van der Waals surface area contributed by atoms with Crippen LogP contribution in [-0.4, -0.2) is 29.5 Å². The van der Waals surface area contributed by atoms with Crippen molar-refractivity contribution in [2.75, 3.05) is 13.1 Å². The van der Waals surface area contributed by atoms with E-state index in [1.54, 1.807) is 0 Å². The number of piperidine rings is 1. The number of nitrogens with two attached hydrogens (primary N) is 1. The second-order valence-corrected chi connectivity index (χ2v) is 8.09. The van der Waals surface area contributed by atoms with Crippen molar-refractivity contribution < 1.29 is 10.1 Å². The predicted octanol–water partition coefficient (Wildman–Crippen LogP) is 3.44. The molecule has 4 nitrogen and oxygen atoms in total. The van der Waals surface area contributed by atoms with Crippen LogP contribution >= 0.6 is 0 Å². The van der Waals surface area contributed by atoms with E-state index in [9.17, 15) is 0 Å². The van der Waals surface area contributed by atoms with E-state index in [0.29, 0.717) is 0 Å². The Morgan fingerprint density at radius 2 is 1.71 bits per heavy atom. The van der Waals surface area contributed by atoms with E-state index in [4.69, 9.17) is 9.84 Å². The first-order chi connectivity index (χ1) is 13.8. The number of para-hydroxylation sites is 1. The van der Waals surface area contributed by atoms with Crippen LogP contribution < -0.4 is 10.1 Å². The quantitative estimate of drug-likeness (QED) is 0.713. The van der Waals surface area contributed by atoms with Crippen molar-refractivity contribution in [2.45, 2.75) is 31.0 Å². The molecule has 0 saturated carbocycles. The fourth-order valence-corrected chi connectivity index (χ4v) is 5.12. The first kappa shape index (κ1) is 16.1. The highest BCUT2D eigenvalue weighted by atomic mass is 16.5. The standard InChI is InChI=1S/C24H23N3O/c1-2-8-18-17(6-1)7-5-10-19(18)21-16-22-20-9-3-4-11-23(20)28-24(27(22)26-21)12-14-25-15-13-24/h1-11,22,25H,12-16H2/p+1/t22-/m1/s1. The van der Waals surface area contributed by atoms with E-state index in [1.807, 2.05) is 0 Å². The fraction of sp³-hybridized carbons (Fsp3) is 0.292. The first-order valence-electron chi connectivity index (χ1n) is 10.3. The number of quaternary nitrogens is 1. The molecule has 3 aliphatic heterocycles. The van der Waals surface area contributed by atoms with Crippen molar-refractivity contribution in [1.82, 2.24) is 5.01 Å². The van der Waals surface area contributed by atoms with Crippen LogP contribution in [0.5, 0.6) is 5.75 Å². The number of rotatable bonds is 1. The highest BCUT2D eigenvalue weighted by Gasteiger charge is 2.51. The van der Waals surface area contributed by atoms with Gasteiger partial charge in [0.05, 0.1) is 37.7 Å². The van der Waals surface area contributed by atoms with Crippen LogP contribution in [0.25, 0.3) is 10.8 Å². The smallest absolute Gasteiger partial charge is 0.208 e. The molecule has 0 bridgehead atoms. The van der Waals surface area contributed by atoms with Crippen LogP contribution in [0.3, 0.4) is 0 Å². The SMILES string of the molecule is c1ccc2c(c1)OC1(CC[NH2+]CC1)N1N=C(c3cccc4ccccc34)C[C@H]21. The molecular weight excluding hydrogens is 346 g/mol. The Kier molecular flexibility index (Phi) is 3.50. The van der Waals surface area contributed by atoms with Gasteiger partial charge in [0, 0.05) is 17.5 Å². The molecule has 1 atom stereocenters. The number of hydrazone groups is 1. The Hall–Kier alpha value is -2.85. The second-order valence-electron chi connectivity index (χ2n) is 8.09. The van der Waals surface area contributed by atoms with E-state index in [2.05, 4.69) is 77.1 Å². The summed E-state index contributed by atoms with van der Waals surface area (Å²) in [4.78, 5) is 0. The topological polar surface area (TPSA) is 41.4 Å². The van der Waals surface area contributed by atoms with Crippen molar-refractivity contribution in [3.05, 3.63) is 77.9 Å². The molecule has 0 aliphatic carbocycles. The minimum Gasteiger partial charge on any atom is -0.466 e. The molecule has 2 N–H and O–H groups in total. The molecule has 3 aromatic rings. The summed E-state index contributed by atoms with van der Waals surface area (Å²) in [6, 6.07) is 23.9. The van der Waals surface area contributed by atoms with Crippen LogP contribution in [-0.2, 0) is 0 Å². The molecule has 0 radical (unpaired) electrons. The molecular formula is C24H24N3O+. The van der Waals surface area contributed by atoms with Gasteiger partial charge in [0.2, 0.25) is 5.72 Å². The number of hydrogen-bond donors (Lipinski definition) is 1. The van der Waals surface area contributed by atoms with Crippen molar-refractivity contribution in [2.24, 2.45) is 5.10 Å². The monoisotopic (exact) mass is 370 g/mol. The molecule has 1 fully saturated rings. The molecule has 140 valence electrons. The van der Waals surface area contributed by atoms with E-state index in [1.165, 1.54) is 27.6 Å². The van der Waals surface area contributed by atoms with Crippen LogP contribution in [0.4, 0.5) is 0 Å². The maximum absolute atomic E-state index is 6.64. The largest absolute Gasteiger partial charge is 0.466 e. The van der Waals surface area contributed by atoms with E-state index >= 15 is 0 Å². The summed E-state index contributed by atoms with van der Waals surface area (Å²) in [5.41, 5.74) is 3.39. The van der Waals surface area contributed by atoms with E-state index in [-0.39, 0.29) is 11.8 Å². The molecule has 0 amide bonds. The van der Waals surface area contributed by atoms with Gasteiger partial charge in [-0.3, -0.25) is 0 Å². The summed E-state index contributed by atoms with van der Waals surface area (Å²) >= 11 is 0. The molecule has 3 heterocycles. The van der Waals surface area contributed by atoms with Crippen LogP contribution in [0.1, 0.15) is 36.4 Å². The second kappa shape index (κ2) is 6.08. The molecule has 0 unspecified atom stereocenters. The van der Waals surface area contributed by atoms with Crippen LogP contribution in [0.15, 0.2) is 71.8 Å². The Bertz CT molecular complexity index is 1080. The number of benzene rings is 3. The first-order valence-corrected chi connectivity index (χ1v) is 10.3. The van der Waals surface area contributed by atoms with Crippen molar-refractivity contribution >= 4 is 16.5 Å². The lowest BCUT2D eigenvalue weighted by molar-refractivity contribution is -0.670. The van der Waals surface area contributed by atoms with Crippen LogP contribution in [0, 0.1) is 0 Å². The summed E-state index contributed by atoms with van der Waals surface area (Å²) in [6.45, 7) is 2.18. The summed E-state index contributed by atoms with van der Waals surface area (Å²) in [7, 11) is 0. The van der Waals surface area contributed by atoms with Gasteiger partial charge in [0.1, 0.15) is 5.75 Å². The molecule has 3 aromatic carbocycles. The minimum absolute atomic E-state index is 0.261. The van der Waals surface area contributed by atoms with Gasteiger partial charge in [0.15, 0.2) is 0 Å². The third-order valence-corrected chi connectivity index (χ3v) is 6.48. The summed E-state index contributed by atoms with van der Waals surface area (Å²) in [6.07, 6.45) is 2.94. The summed E-state index contributed by atoms with van der Waals surface area (Å²) in [5.74, 6) is 1.04. The van der Waals surface area contributed by atoms with Crippen molar-refractivity contribution in [3.63, 3.8) is 0 Å². The van der Waals surface area contributed by atoms with E-state index < -0.39 is 0 Å². The summed E-state index contributed by atoms with van der Waals surface area (Å²) < 4.78 is 6.64. The molecule has 1 spiro atoms. The number of nitrogens with zero attached hydrogens (tertiary/aromatic N) is 2. The highest BCUT2D eigenvalue weighted by Crippen LogP contribution is 2.49. The number of ether oxygens (including phenoxy) is 1. The van der Waals surface area contributed by atoms with Crippen molar-refractivity contribution in [1.29, 1.82) is 0 Å². The number of hydrogen-bond acceptors (Lipinski definition) is 3. The van der Waals surface area contributed by atoms with Gasteiger partial charge in [-0.25, -0.2) is 5.01 Å². The predicted molar refractivity (Wildman–Crippen MR) is 110 cm³/mol. The summed E-state index contributed by atoms with van der Waals surface area (Å²) in [5, 5.41) is 12.5. The Morgan fingerprint density at radius 3 is 2.64 bits per heavy atom. The van der Waals surface area contributed by atoms with Gasteiger partial charge < -0.3 is 10.1 Å². The van der Waals surface area contributed by atoms with Gasteiger partial charge >= 0.3 is 0 Å². The maximum atomic E-state index is 6.64. The van der Waals surface area contributed by atoms with Gasteiger partial charge in [-0.15, -0.1) is 0 Å². The minimum atomic E-state index is -0.305. The maximum Gasteiger partial charge on any atom is 0.208 e. The molecule has 6 rings (SSSR count). The molecule has 4 heteroatoms. The molecule has 1 saturated heterocycles. The highest BCUT2D eigenvalue weighted by molar-refractivity contribution is 6.11. The molecule has 0 aromatic heterocycles. The van der Waals surface area contributed by atoms with Crippen LogP contribution in [0.2, 0.25) is 0 Å². The van der Waals surface area contributed by atoms with Gasteiger partial charge in [-0.05, 0) is 16.8 Å². The third-order valence-electron chi connectivity index (χ3n) is 6.48. The lowest BCUT2D eigenvalue weighted by Gasteiger charge is -2.48. The Morgan fingerprint density at radius 1 is 0.929 bits per heavy atom. The third kappa shape index (κ3) is 2.31. The number of fused-ring (bicyclic) bond motifs is 5. The lowest BCUT2D eigenvalue weighted by Crippen LogP contribution is -2.89. The average molecular weight is 370 g/mol. The average Bonchev–Trinajstić information content (AvgIpc) is 3.21. The zero-order valence-corrected chi connectivity index (χ0v) is 15.8.